The number of ether oxygens (including phenoxy) is 1. The molecule has 0 atom stereocenters. The summed E-state index contributed by atoms with van der Waals surface area (Å²) in [6.45, 7) is 5.94. The van der Waals surface area contributed by atoms with Gasteiger partial charge in [-0.15, -0.1) is 0 Å². The summed E-state index contributed by atoms with van der Waals surface area (Å²) in [6.07, 6.45) is 5.36. The summed E-state index contributed by atoms with van der Waals surface area (Å²) >= 11 is 1.39. The second-order valence-electron chi connectivity index (χ2n) is 5.17. The van der Waals surface area contributed by atoms with Crippen LogP contribution in [0.5, 0.6) is 5.75 Å². The molecular weight excluding hydrogens is 246 g/mol. The first kappa shape index (κ1) is 13.5. The van der Waals surface area contributed by atoms with Crippen LogP contribution in [-0.2, 0) is 0 Å². The van der Waals surface area contributed by atoms with Gasteiger partial charge in [-0.2, -0.15) is 4.37 Å². The van der Waals surface area contributed by atoms with Crippen LogP contribution in [0.1, 0.15) is 39.5 Å². The summed E-state index contributed by atoms with van der Waals surface area (Å²) in [6, 6.07) is 0. The Morgan fingerprint density at radius 2 is 2.11 bits per heavy atom. The second kappa shape index (κ2) is 6.27. The molecule has 0 amide bonds. The first-order chi connectivity index (χ1) is 8.70. The van der Waals surface area contributed by atoms with Gasteiger partial charge in [-0.1, -0.05) is 19.8 Å². The van der Waals surface area contributed by atoms with E-state index in [9.17, 15) is 0 Å². The van der Waals surface area contributed by atoms with E-state index in [1.807, 2.05) is 6.92 Å². The fourth-order valence-corrected chi connectivity index (χ4v) is 3.13. The van der Waals surface area contributed by atoms with Crippen molar-refractivity contribution in [2.45, 2.75) is 39.5 Å². The molecule has 18 heavy (non-hydrogen) atoms. The number of rotatable bonds is 5. The van der Waals surface area contributed by atoms with Gasteiger partial charge in [-0.3, -0.25) is 0 Å². The van der Waals surface area contributed by atoms with Crippen molar-refractivity contribution in [2.75, 3.05) is 24.2 Å². The quantitative estimate of drug-likeness (QED) is 0.860. The summed E-state index contributed by atoms with van der Waals surface area (Å²) in [7, 11) is 0. The minimum Gasteiger partial charge on any atom is -0.487 e. The number of anilines is 2. The van der Waals surface area contributed by atoms with Crippen LogP contribution in [0.2, 0.25) is 0 Å². The van der Waals surface area contributed by atoms with Gasteiger partial charge in [0.2, 0.25) is 0 Å². The SMILES string of the molecule is CCOc1c(N)nsc1NCC1CCC(C)CC1. The molecule has 0 spiro atoms. The molecular formula is C13H23N3OS. The largest absolute Gasteiger partial charge is 0.487 e. The Morgan fingerprint density at radius 1 is 1.39 bits per heavy atom. The lowest BCUT2D eigenvalue weighted by Crippen LogP contribution is -2.20. The smallest absolute Gasteiger partial charge is 0.197 e. The molecule has 1 fully saturated rings. The number of nitrogen functional groups attached to an aromatic ring is 1. The minimum absolute atomic E-state index is 0.501. The highest BCUT2D eigenvalue weighted by Gasteiger charge is 2.19. The third-order valence-electron chi connectivity index (χ3n) is 3.65. The lowest BCUT2D eigenvalue weighted by molar-refractivity contribution is 0.300. The number of nitrogens with one attached hydrogen (secondary N) is 1. The zero-order chi connectivity index (χ0) is 13.0. The Morgan fingerprint density at radius 3 is 2.78 bits per heavy atom. The molecule has 1 aromatic heterocycles. The monoisotopic (exact) mass is 269 g/mol. The average molecular weight is 269 g/mol. The molecule has 0 aliphatic heterocycles. The number of hydrogen-bond donors (Lipinski definition) is 2. The molecule has 0 radical (unpaired) electrons. The van der Waals surface area contributed by atoms with Gasteiger partial charge in [-0.25, -0.2) is 0 Å². The molecule has 0 saturated heterocycles. The van der Waals surface area contributed by atoms with Gasteiger partial charge in [-0.05, 0) is 43.1 Å². The highest BCUT2D eigenvalue weighted by Crippen LogP contribution is 2.36. The summed E-state index contributed by atoms with van der Waals surface area (Å²) in [5.74, 6) is 2.91. The normalized spacial score (nSPS) is 23.9. The maximum absolute atomic E-state index is 5.79. The molecule has 1 aliphatic carbocycles. The van der Waals surface area contributed by atoms with E-state index < -0.39 is 0 Å². The maximum Gasteiger partial charge on any atom is 0.197 e. The lowest BCUT2D eigenvalue weighted by Gasteiger charge is -2.26. The third kappa shape index (κ3) is 3.28. The van der Waals surface area contributed by atoms with Crippen molar-refractivity contribution in [3.05, 3.63) is 0 Å². The predicted molar refractivity (Wildman–Crippen MR) is 77.3 cm³/mol. The van der Waals surface area contributed by atoms with Gasteiger partial charge >= 0.3 is 0 Å². The van der Waals surface area contributed by atoms with Crippen molar-refractivity contribution in [3.8, 4) is 5.75 Å². The van der Waals surface area contributed by atoms with Gasteiger partial charge in [0.1, 0.15) is 0 Å². The first-order valence-corrected chi connectivity index (χ1v) is 7.59. The summed E-state index contributed by atoms with van der Waals surface area (Å²) in [4.78, 5) is 0. The van der Waals surface area contributed by atoms with Crippen molar-refractivity contribution in [3.63, 3.8) is 0 Å². The van der Waals surface area contributed by atoms with Crippen LogP contribution in [0.15, 0.2) is 0 Å². The molecule has 1 saturated carbocycles. The molecule has 1 aliphatic rings. The highest BCUT2D eigenvalue weighted by atomic mass is 32.1. The minimum atomic E-state index is 0.501. The summed E-state index contributed by atoms with van der Waals surface area (Å²) in [5, 5.41) is 4.43. The molecule has 1 heterocycles. The van der Waals surface area contributed by atoms with Crippen LogP contribution >= 0.6 is 11.5 Å². The van der Waals surface area contributed by atoms with Gasteiger partial charge in [0.15, 0.2) is 16.6 Å². The molecule has 5 heteroatoms. The number of nitrogens with two attached hydrogens (primary N) is 1. The Balaban J connectivity index is 1.86. The molecule has 102 valence electrons. The van der Waals surface area contributed by atoms with Crippen LogP contribution < -0.4 is 15.8 Å². The van der Waals surface area contributed by atoms with E-state index in [4.69, 9.17) is 10.5 Å². The standard InChI is InChI=1S/C13H23N3OS/c1-3-17-11-12(14)16-18-13(11)15-8-10-6-4-9(2)5-7-10/h9-10,15H,3-8H2,1-2H3,(H2,14,16). The molecule has 3 N–H and O–H groups in total. The van der Waals surface area contributed by atoms with Crippen molar-refractivity contribution >= 4 is 22.4 Å². The van der Waals surface area contributed by atoms with E-state index >= 15 is 0 Å². The Kier molecular flexibility index (Phi) is 4.69. The molecule has 0 aromatic carbocycles. The predicted octanol–water partition coefficient (Wildman–Crippen LogP) is 3.36. The number of aromatic nitrogens is 1. The van der Waals surface area contributed by atoms with E-state index in [0.29, 0.717) is 12.4 Å². The molecule has 4 nitrogen and oxygen atoms in total. The Labute approximate surface area is 113 Å². The number of nitrogens with zero attached hydrogens (tertiary/aromatic N) is 1. The number of hydrogen-bond acceptors (Lipinski definition) is 5. The first-order valence-electron chi connectivity index (χ1n) is 6.82. The van der Waals surface area contributed by atoms with Gasteiger partial charge < -0.3 is 15.8 Å². The van der Waals surface area contributed by atoms with E-state index in [1.165, 1.54) is 37.2 Å². The fraction of sp³-hybridized carbons (Fsp3) is 0.769. The van der Waals surface area contributed by atoms with Crippen LogP contribution in [0.3, 0.4) is 0 Å². The molecule has 0 bridgehead atoms. The van der Waals surface area contributed by atoms with Crippen molar-refractivity contribution in [1.29, 1.82) is 0 Å². The van der Waals surface area contributed by atoms with E-state index in [2.05, 4.69) is 16.6 Å². The molecule has 1 aromatic rings. The van der Waals surface area contributed by atoms with E-state index in [0.717, 1.165) is 29.1 Å². The van der Waals surface area contributed by atoms with Crippen LogP contribution in [-0.4, -0.2) is 17.5 Å². The topological polar surface area (TPSA) is 60.2 Å². The molecule has 2 rings (SSSR count). The second-order valence-corrected chi connectivity index (χ2v) is 5.94. The zero-order valence-corrected chi connectivity index (χ0v) is 12.1. The lowest BCUT2D eigenvalue weighted by atomic mass is 9.83. The third-order valence-corrected chi connectivity index (χ3v) is 4.45. The van der Waals surface area contributed by atoms with Crippen LogP contribution in [0, 0.1) is 11.8 Å². The van der Waals surface area contributed by atoms with Crippen molar-refractivity contribution in [2.24, 2.45) is 11.8 Å². The van der Waals surface area contributed by atoms with Gasteiger partial charge in [0.25, 0.3) is 0 Å². The zero-order valence-electron chi connectivity index (χ0n) is 11.2. The van der Waals surface area contributed by atoms with Crippen molar-refractivity contribution in [1.82, 2.24) is 4.37 Å². The van der Waals surface area contributed by atoms with Crippen LogP contribution in [0.4, 0.5) is 10.8 Å². The summed E-state index contributed by atoms with van der Waals surface area (Å²) in [5.41, 5.74) is 5.79. The van der Waals surface area contributed by atoms with Crippen LogP contribution in [0.25, 0.3) is 0 Å². The van der Waals surface area contributed by atoms with Gasteiger partial charge in [0, 0.05) is 6.54 Å². The van der Waals surface area contributed by atoms with Gasteiger partial charge in [0.05, 0.1) is 6.61 Å². The Bertz CT molecular complexity index is 372. The maximum atomic E-state index is 5.79. The fourth-order valence-electron chi connectivity index (χ4n) is 2.46. The highest BCUT2D eigenvalue weighted by molar-refractivity contribution is 7.11. The molecule has 0 unspecified atom stereocenters. The average Bonchev–Trinajstić information content (AvgIpc) is 2.71. The Hall–Kier alpha value is -0.970. The van der Waals surface area contributed by atoms with E-state index in [-0.39, 0.29) is 0 Å². The summed E-state index contributed by atoms with van der Waals surface area (Å²) < 4.78 is 9.67. The van der Waals surface area contributed by atoms with Crippen molar-refractivity contribution < 1.29 is 4.74 Å². The van der Waals surface area contributed by atoms with E-state index in [1.54, 1.807) is 0 Å².